The summed E-state index contributed by atoms with van der Waals surface area (Å²) < 4.78 is 1.87. The molecule has 0 aliphatic heterocycles. The zero-order chi connectivity index (χ0) is 18.7. The Morgan fingerprint density at radius 2 is 1.62 bits per heavy atom. The number of rotatable bonds is 6. The van der Waals surface area contributed by atoms with Crippen LogP contribution >= 0.6 is 0 Å². The summed E-state index contributed by atoms with van der Waals surface area (Å²) in [5, 5.41) is 16.3. The van der Waals surface area contributed by atoms with Crippen LogP contribution < -0.4 is 5.73 Å². The Balaban J connectivity index is 1.80. The van der Waals surface area contributed by atoms with Crippen LogP contribution in [0.2, 0.25) is 0 Å². The van der Waals surface area contributed by atoms with Crippen molar-refractivity contribution in [3.05, 3.63) is 66.1 Å². The van der Waals surface area contributed by atoms with Crippen molar-refractivity contribution in [3.8, 4) is 22.4 Å². The van der Waals surface area contributed by atoms with E-state index in [2.05, 4.69) is 4.98 Å². The molecule has 0 spiro atoms. The van der Waals surface area contributed by atoms with Crippen LogP contribution in [0.3, 0.4) is 0 Å². The number of nitrogen functional groups attached to an aromatic ring is 1. The molecule has 6 nitrogen and oxygen atoms in total. The second-order valence-electron chi connectivity index (χ2n) is 6.12. The lowest BCUT2D eigenvalue weighted by atomic mass is 10.0. The number of hydrogen-bond donors (Lipinski definition) is 3. The summed E-state index contributed by atoms with van der Waals surface area (Å²) in [5.41, 5.74) is 10.1. The molecule has 0 aliphatic rings. The van der Waals surface area contributed by atoms with Gasteiger partial charge in [-0.2, -0.15) is 0 Å². The molecule has 0 amide bonds. The summed E-state index contributed by atoms with van der Waals surface area (Å²) in [4.78, 5) is 15.3. The van der Waals surface area contributed by atoms with Gasteiger partial charge in [-0.15, -0.1) is 0 Å². The molecular weight excluding hydrogens is 328 g/mol. The number of aromatic nitrogens is 2. The highest BCUT2D eigenvalue weighted by Crippen LogP contribution is 2.25. The van der Waals surface area contributed by atoms with Gasteiger partial charge in [-0.05, 0) is 11.1 Å². The molecule has 0 fully saturated rings. The van der Waals surface area contributed by atoms with Gasteiger partial charge < -0.3 is 15.4 Å². The number of benzene rings is 2. The zero-order valence-corrected chi connectivity index (χ0v) is 14.4. The number of nitrogens with one attached hydrogen (secondary N) is 1. The number of nitrogens with zero attached hydrogens (tertiary/aromatic N) is 2. The number of hydrogen-bond acceptors (Lipinski definition) is 3. The number of imidazole rings is 1. The zero-order valence-electron chi connectivity index (χ0n) is 14.4. The molecule has 0 saturated heterocycles. The Labute approximate surface area is 151 Å². The molecule has 0 aliphatic carbocycles. The minimum atomic E-state index is -0.824. The van der Waals surface area contributed by atoms with Crippen molar-refractivity contribution >= 4 is 11.8 Å². The van der Waals surface area contributed by atoms with Crippen molar-refractivity contribution in [1.29, 1.82) is 5.41 Å². The average molecular weight is 348 g/mol. The largest absolute Gasteiger partial charge is 0.481 e. The topological polar surface area (TPSA) is 105 Å². The van der Waals surface area contributed by atoms with Crippen molar-refractivity contribution in [1.82, 2.24) is 9.55 Å². The van der Waals surface area contributed by atoms with E-state index in [4.69, 9.17) is 16.2 Å². The summed E-state index contributed by atoms with van der Waals surface area (Å²) in [6, 6.07) is 15.6. The van der Waals surface area contributed by atoms with Gasteiger partial charge in [0.1, 0.15) is 11.7 Å². The first kappa shape index (κ1) is 17.4. The molecule has 0 unspecified atom stereocenters. The maximum Gasteiger partial charge on any atom is 0.303 e. The van der Waals surface area contributed by atoms with Crippen molar-refractivity contribution < 1.29 is 9.90 Å². The summed E-state index contributed by atoms with van der Waals surface area (Å²) >= 11 is 0. The molecule has 3 rings (SSSR count). The lowest BCUT2D eigenvalue weighted by molar-refractivity contribution is -0.137. The minimum Gasteiger partial charge on any atom is -0.481 e. The number of nitrogens with two attached hydrogens (primary N) is 1. The summed E-state index contributed by atoms with van der Waals surface area (Å²) in [7, 11) is 1.87. The fraction of sp³-hybridized carbons (Fsp3) is 0.150. The second-order valence-corrected chi connectivity index (χ2v) is 6.12. The molecule has 2 aromatic carbocycles. The monoisotopic (exact) mass is 348 g/mol. The lowest BCUT2D eigenvalue weighted by Crippen LogP contribution is -2.10. The molecule has 3 aromatic rings. The Kier molecular flexibility index (Phi) is 4.84. The average Bonchev–Trinajstić information content (AvgIpc) is 3.01. The first-order chi connectivity index (χ1) is 12.4. The molecule has 0 saturated carbocycles. The van der Waals surface area contributed by atoms with Crippen molar-refractivity contribution in [3.63, 3.8) is 0 Å². The van der Waals surface area contributed by atoms with Crippen LogP contribution in [0.4, 0.5) is 0 Å². The normalized spacial score (nSPS) is 10.7. The third-order valence-corrected chi connectivity index (χ3v) is 4.24. The molecule has 4 N–H and O–H groups in total. The second kappa shape index (κ2) is 7.23. The van der Waals surface area contributed by atoms with E-state index in [0.29, 0.717) is 12.0 Å². The predicted molar refractivity (Wildman–Crippen MR) is 101 cm³/mol. The van der Waals surface area contributed by atoms with Gasteiger partial charge in [-0.3, -0.25) is 10.2 Å². The summed E-state index contributed by atoms with van der Waals surface area (Å²) in [6.07, 6.45) is 2.39. The van der Waals surface area contributed by atoms with Gasteiger partial charge in [0.25, 0.3) is 0 Å². The number of aliphatic carboxylic acids is 1. The fourth-order valence-corrected chi connectivity index (χ4v) is 2.77. The Morgan fingerprint density at radius 3 is 2.15 bits per heavy atom. The molecular formula is C20H20N4O2. The van der Waals surface area contributed by atoms with E-state index in [1.807, 2.05) is 66.3 Å². The van der Waals surface area contributed by atoms with Gasteiger partial charge in [0.2, 0.25) is 0 Å². The number of carboxylic acid groups (broad SMARTS) is 1. The lowest BCUT2D eigenvalue weighted by Gasteiger charge is -2.05. The first-order valence-corrected chi connectivity index (χ1v) is 8.23. The van der Waals surface area contributed by atoms with Crippen LogP contribution in [0.1, 0.15) is 17.8 Å². The van der Waals surface area contributed by atoms with Crippen LogP contribution in [0.15, 0.2) is 54.7 Å². The van der Waals surface area contributed by atoms with Crippen LogP contribution in [0.25, 0.3) is 22.4 Å². The van der Waals surface area contributed by atoms with Crippen LogP contribution in [0.5, 0.6) is 0 Å². The van der Waals surface area contributed by atoms with Gasteiger partial charge in [0.15, 0.2) is 0 Å². The number of carboxylic acids is 1. The smallest absolute Gasteiger partial charge is 0.303 e. The van der Waals surface area contributed by atoms with E-state index in [1.54, 1.807) is 0 Å². The highest BCUT2D eigenvalue weighted by Gasteiger charge is 2.09. The highest BCUT2D eigenvalue weighted by molar-refractivity contribution is 5.95. The van der Waals surface area contributed by atoms with E-state index in [1.165, 1.54) is 0 Å². The number of amidine groups is 1. The maximum absolute atomic E-state index is 10.7. The number of carbonyl (C=O) groups is 1. The van der Waals surface area contributed by atoms with Crippen LogP contribution in [-0.2, 0) is 18.3 Å². The van der Waals surface area contributed by atoms with Gasteiger partial charge in [-0.1, -0.05) is 48.5 Å². The van der Waals surface area contributed by atoms with Gasteiger partial charge in [-0.25, -0.2) is 4.98 Å². The van der Waals surface area contributed by atoms with Gasteiger partial charge >= 0.3 is 5.97 Å². The molecule has 132 valence electrons. The first-order valence-electron chi connectivity index (χ1n) is 8.23. The molecule has 0 radical (unpaired) electrons. The Hall–Kier alpha value is -3.41. The van der Waals surface area contributed by atoms with E-state index in [0.717, 1.165) is 28.2 Å². The maximum atomic E-state index is 10.7. The fourth-order valence-electron chi connectivity index (χ4n) is 2.77. The quantitative estimate of drug-likeness (QED) is 0.470. The predicted octanol–water partition coefficient (Wildman–Crippen LogP) is 3.06. The van der Waals surface area contributed by atoms with E-state index in [-0.39, 0.29) is 12.3 Å². The minimum absolute atomic E-state index is 0.0563. The third kappa shape index (κ3) is 3.80. The Bertz CT molecular complexity index is 941. The molecule has 6 heteroatoms. The van der Waals surface area contributed by atoms with Crippen LogP contribution in [-0.4, -0.2) is 26.5 Å². The van der Waals surface area contributed by atoms with Gasteiger partial charge in [0, 0.05) is 30.8 Å². The molecule has 0 atom stereocenters. The van der Waals surface area contributed by atoms with Gasteiger partial charge in [0.05, 0.1) is 12.1 Å². The van der Waals surface area contributed by atoms with Crippen molar-refractivity contribution in [2.45, 2.75) is 12.8 Å². The van der Waals surface area contributed by atoms with E-state index < -0.39 is 5.97 Å². The Morgan fingerprint density at radius 1 is 1.08 bits per heavy atom. The summed E-state index contributed by atoms with van der Waals surface area (Å²) in [6.45, 7) is 0. The van der Waals surface area contributed by atoms with Crippen LogP contribution in [0, 0.1) is 5.41 Å². The SMILES string of the molecule is Cn1cc(-c2ccc(-c3ccc(C(=N)N)cc3)cc2)nc1CCC(=O)O. The van der Waals surface area contributed by atoms with Crippen molar-refractivity contribution in [2.24, 2.45) is 12.8 Å². The van der Waals surface area contributed by atoms with E-state index >= 15 is 0 Å². The third-order valence-electron chi connectivity index (χ3n) is 4.24. The standard InChI is InChI=1S/C20H20N4O2/c1-24-12-17(23-18(24)10-11-19(25)26)15-6-2-13(3-7-15)14-4-8-16(9-5-14)20(21)22/h2-9,12H,10-11H2,1H3,(H3,21,22)(H,25,26). The van der Waals surface area contributed by atoms with E-state index in [9.17, 15) is 4.79 Å². The number of aryl methyl sites for hydroxylation is 2. The molecule has 26 heavy (non-hydrogen) atoms. The highest BCUT2D eigenvalue weighted by atomic mass is 16.4. The molecule has 1 heterocycles. The molecule has 0 bridgehead atoms. The molecule has 1 aromatic heterocycles. The van der Waals surface area contributed by atoms with Crippen molar-refractivity contribution in [2.75, 3.05) is 0 Å². The summed E-state index contributed by atoms with van der Waals surface area (Å²) in [5.74, 6) is -0.0123.